The molecule has 1 aliphatic heterocycles. The summed E-state index contributed by atoms with van der Waals surface area (Å²) in [7, 11) is 0. The van der Waals surface area contributed by atoms with Crippen molar-refractivity contribution in [1.29, 1.82) is 0 Å². The molecular formula is C13H17FN2O. The van der Waals surface area contributed by atoms with Gasteiger partial charge < -0.3 is 10.2 Å². The second kappa shape index (κ2) is 5.27. The molecule has 92 valence electrons. The summed E-state index contributed by atoms with van der Waals surface area (Å²) in [5.41, 5.74) is 0.429. The van der Waals surface area contributed by atoms with Gasteiger partial charge in [0.05, 0.1) is 0 Å². The Labute approximate surface area is 101 Å². The van der Waals surface area contributed by atoms with Gasteiger partial charge in [-0.1, -0.05) is 6.07 Å². The second-order valence-corrected chi connectivity index (χ2v) is 4.25. The second-order valence-electron chi connectivity index (χ2n) is 4.25. The van der Waals surface area contributed by atoms with Crippen molar-refractivity contribution in [2.24, 2.45) is 0 Å². The first kappa shape index (κ1) is 12.0. The van der Waals surface area contributed by atoms with Gasteiger partial charge in [-0.3, -0.25) is 4.79 Å². The van der Waals surface area contributed by atoms with Crippen LogP contribution in [-0.2, 0) is 0 Å². The highest BCUT2D eigenvalue weighted by molar-refractivity contribution is 5.94. The molecule has 0 aliphatic carbocycles. The van der Waals surface area contributed by atoms with Crippen molar-refractivity contribution >= 4 is 5.91 Å². The van der Waals surface area contributed by atoms with Gasteiger partial charge in [0.2, 0.25) is 0 Å². The lowest BCUT2D eigenvalue weighted by atomic mass is 10.1. The molecule has 3 nitrogen and oxygen atoms in total. The molecule has 0 radical (unpaired) electrons. The van der Waals surface area contributed by atoms with E-state index in [1.807, 2.05) is 11.8 Å². The average molecular weight is 236 g/mol. The van der Waals surface area contributed by atoms with Crippen LogP contribution in [0.15, 0.2) is 24.3 Å². The summed E-state index contributed by atoms with van der Waals surface area (Å²) in [6.45, 7) is 4.38. The van der Waals surface area contributed by atoms with Gasteiger partial charge in [0, 0.05) is 24.7 Å². The third-order valence-corrected chi connectivity index (χ3v) is 3.15. The monoisotopic (exact) mass is 236 g/mol. The third kappa shape index (κ3) is 2.64. The molecule has 1 atom stereocenters. The van der Waals surface area contributed by atoms with Crippen molar-refractivity contribution in [3.8, 4) is 0 Å². The Morgan fingerprint density at radius 3 is 3.00 bits per heavy atom. The molecule has 1 aromatic carbocycles. The topological polar surface area (TPSA) is 32.3 Å². The van der Waals surface area contributed by atoms with Crippen LogP contribution in [0.3, 0.4) is 0 Å². The van der Waals surface area contributed by atoms with Crippen molar-refractivity contribution in [2.75, 3.05) is 19.6 Å². The van der Waals surface area contributed by atoms with Crippen molar-refractivity contribution in [3.63, 3.8) is 0 Å². The standard InChI is InChI=1S/C13H17FN2O/c1-2-16(12-6-7-15-9-12)13(17)10-4-3-5-11(14)8-10/h3-5,8,12,15H,2,6-7,9H2,1H3. The lowest BCUT2D eigenvalue weighted by Crippen LogP contribution is -2.41. The number of likely N-dealkylation sites (N-methyl/N-ethyl adjacent to an activating group) is 1. The van der Waals surface area contributed by atoms with E-state index in [0.717, 1.165) is 19.5 Å². The maximum Gasteiger partial charge on any atom is 0.254 e. The van der Waals surface area contributed by atoms with Crippen LogP contribution in [0.25, 0.3) is 0 Å². The lowest BCUT2D eigenvalue weighted by molar-refractivity contribution is 0.0703. The molecule has 0 aromatic heterocycles. The summed E-state index contributed by atoms with van der Waals surface area (Å²) >= 11 is 0. The Morgan fingerprint density at radius 2 is 2.41 bits per heavy atom. The van der Waals surface area contributed by atoms with Crippen LogP contribution < -0.4 is 5.32 Å². The van der Waals surface area contributed by atoms with Gasteiger partial charge in [-0.05, 0) is 38.1 Å². The number of halogens is 1. The fourth-order valence-corrected chi connectivity index (χ4v) is 2.26. The molecule has 17 heavy (non-hydrogen) atoms. The number of carbonyl (C=O) groups excluding carboxylic acids is 1. The predicted molar refractivity (Wildman–Crippen MR) is 64.4 cm³/mol. The molecule has 4 heteroatoms. The van der Waals surface area contributed by atoms with Crippen molar-refractivity contribution in [1.82, 2.24) is 10.2 Å². The molecule has 1 N–H and O–H groups in total. The zero-order chi connectivity index (χ0) is 12.3. The summed E-state index contributed by atoms with van der Waals surface area (Å²) in [5, 5.41) is 3.24. The average Bonchev–Trinajstić information content (AvgIpc) is 2.83. The van der Waals surface area contributed by atoms with Crippen LogP contribution in [0.1, 0.15) is 23.7 Å². The van der Waals surface area contributed by atoms with Crippen molar-refractivity contribution in [3.05, 3.63) is 35.6 Å². The SMILES string of the molecule is CCN(C(=O)c1cccc(F)c1)C1CCNC1. The van der Waals surface area contributed by atoms with E-state index < -0.39 is 0 Å². The maximum absolute atomic E-state index is 13.1. The van der Waals surface area contributed by atoms with Gasteiger partial charge in [-0.2, -0.15) is 0 Å². The summed E-state index contributed by atoms with van der Waals surface area (Å²) in [6.07, 6.45) is 0.967. The number of hydrogen-bond acceptors (Lipinski definition) is 2. The van der Waals surface area contributed by atoms with Crippen LogP contribution in [-0.4, -0.2) is 36.5 Å². The molecule has 1 aliphatic rings. The zero-order valence-electron chi connectivity index (χ0n) is 9.95. The van der Waals surface area contributed by atoms with E-state index in [9.17, 15) is 9.18 Å². The van der Waals surface area contributed by atoms with E-state index in [1.54, 1.807) is 12.1 Å². The summed E-state index contributed by atoms with van der Waals surface area (Å²) in [4.78, 5) is 14.1. The first-order valence-corrected chi connectivity index (χ1v) is 5.99. The molecular weight excluding hydrogens is 219 g/mol. The third-order valence-electron chi connectivity index (χ3n) is 3.15. The van der Waals surface area contributed by atoms with Gasteiger partial charge in [0.25, 0.3) is 5.91 Å². The molecule has 1 heterocycles. The highest BCUT2D eigenvalue weighted by Gasteiger charge is 2.25. The van der Waals surface area contributed by atoms with Crippen LogP contribution in [0.4, 0.5) is 4.39 Å². The Kier molecular flexibility index (Phi) is 3.74. The van der Waals surface area contributed by atoms with Crippen molar-refractivity contribution in [2.45, 2.75) is 19.4 Å². The van der Waals surface area contributed by atoms with Gasteiger partial charge >= 0.3 is 0 Å². The van der Waals surface area contributed by atoms with E-state index in [-0.39, 0.29) is 17.8 Å². The maximum atomic E-state index is 13.1. The molecule has 1 aromatic rings. The summed E-state index contributed by atoms with van der Waals surface area (Å²) in [6, 6.07) is 6.12. The Balaban J connectivity index is 2.16. The van der Waals surface area contributed by atoms with E-state index >= 15 is 0 Å². The minimum Gasteiger partial charge on any atom is -0.335 e. The van der Waals surface area contributed by atoms with Crippen LogP contribution in [0.2, 0.25) is 0 Å². The predicted octanol–water partition coefficient (Wildman–Crippen LogP) is 1.65. The number of nitrogens with one attached hydrogen (secondary N) is 1. The first-order chi connectivity index (χ1) is 8.22. The van der Waals surface area contributed by atoms with Crippen LogP contribution in [0, 0.1) is 5.82 Å². The minimum atomic E-state index is -0.364. The highest BCUT2D eigenvalue weighted by Crippen LogP contribution is 2.14. The Hall–Kier alpha value is -1.42. The number of amides is 1. The molecule has 2 rings (SSSR count). The number of hydrogen-bond donors (Lipinski definition) is 1. The van der Waals surface area contributed by atoms with Gasteiger partial charge in [0.15, 0.2) is 0 Å². The lowest BCUT2D eigenvalue weighted by Gasteiger charge is -2.27. The van der Waals surface area contributed by atoms with Gasteiger partial charge in [-0.15, -0.1) is 0 Å². The fourth-order valence-electron chi connectivity index (χ4n) is 2.26. The number of benzene rings is 1. The molecule has 1 saturated heterocycles. The molecule has 0 bridgehead atoms. The Morgan fingerprint density at radius 1 is 1.59 bits per heavy atom. The highest BCUT2D eigenvalue weighted by atomic mass is 19.1. The zero-order valence-corrected chi connectivity index (χ0v) is 9.95. The van der Waals surface area contributed by atoms with E-state index in [0.29, 0.717) is 12.1 Å². The fraction of sp³-hybridized carbons (Fsp3) is 0.462. The van der Waals surface area contributed by atoms with Crippen molar-refractivity contribution < 1.29 is 9.18 Å². The first-order valence-electron chi connectivity index (χ1n) is 5.99. The summed E-state index contributed by atoms with van der Waals surface area (Å²) < 4.78 is 13.1. The number of carbonyl (C=O) groups is 1. The molecule has 1 fully saturated rings. The van der Waals surface area contributed by atoms with Crippen LogP contribution >= 0.6 is 0 Å². The molecule has 0 spiro atoms. The van der Waals surface area contributed by atoms with Gasteiger partial charge in [0.1, 0.15) is 5.82 Å². The largest absolute Gasteiger partial charge is 0.335 e. The smallest absolute Gasteiger partial charge is 0.254 e. The normalized spacial score (nSPS) is 19.3. The minimum absolute atomic E-state index is 0.0827. The van der Waals surface area contributed by atoms with E-state index in [4.69, 9.17) is 0 Å². The molecule has 1 unspecified atom stereocenters. The van der Waals surface area contributed by atoms with Crippen LogP contribution in [0.5, 0.6) is 0 Å². The molecule has 0 saturated carbocycles. The number of nitrogens with zero attached hydrogens (tertiary/aromatic N) is 1. The molecule has 1 amide bonds. The quantitative estimate of drug-likeness (QED) is 0.865. The Bertz CT molecular complexity index is 402. The van der Waals surface area contributed by atoms with E-state index in [2.05, 4.69) is 5.32 Å². The van der Waals surface area contributed by atoms with E-state index in [1.165, 1.54) is 12.1 Å². The summed E-state index contributed by atoms with van der Waals surface area (Å²) in [5.74, 6) is -0.447. The van der Waals surface area contributed by atoms with Gasteiger partial charge in [-0.25, -0.2) is 4.39 Å². The number of rotatable bonds is 3.